The Morgan fingerprint density at radius 3 is 2.90 bits per heavy atom. The van der Waals surface area contributed by atoms with Crippen molar-refractivity contribution in [3.05, 3.63) is 36.0 Å². The van der Waals surface area contributed by atoms with Crippen LogP contribution in [0, 0.1) is 29.1 Å². The predicted molar refractivity (Wildman–Crippen MR) is 85.8 cm³/mol. The highest BCUT2D eigenvalue weighted by atomic mass is 16.1. The second-order valence-corrected chi connectivity index (χ2v) is 7.86. The van der Waals surface area contributed by atoms with Crippen molar-refractivity contribution in [1.82, 2.24) is 0 Å². The van der Waals surface area contributed by atoms with Crippen LogP contribution >= 0.6 is 0 Å². The summed E-state index contributed by atoms with van der Waals surface area (Å²) in [6.07, 6.45) is 14.9. The van der Waals surface area contributed by atoms with E-state index in [0.717, 1.165) is 36.5 Å². The molecule has 4 rings (SSSR count). The summed E-state index contributed by atoms with van der Waals surface area (Å²) in [5, 5.41) is 0. The summed E-state index contributed by atoms with van der Waals surface area (Å²) in [7, 11) is 0. The van der Waals surface area contributed by atoms with Crippen LogP contribution in [0.4, 0.5) is 0 Å². The molecule has 5 atom stereocenters. The van der Waals surface area contributed by atoms with E-state index in [1.165, 1.54) is 43.3 Å². The molecule has 1 heteroatoms. The van der Waals surface area contributed by atoms with Crippen molar-refractivity contribution in [2.45, 2.75) is 51.9 Å². The van der Waals surface area contributed by atoms with E-state index in [1.54, 1.807) is 0 Å². The van der Waals surface area contributed by atoms with Crippen molar-refractivity contribution in [2.24, 2.45) is 29.1 Å². The number of ketones is 1. The monoisotopic (exact) mass is 282 g/mol. The molecule has 0 aliphatic heterocycles. The molecular weight excluding hydrogens is 256 g/mol. The standard InChI is InChI=1S/C20H26O/c1-3-14-5-9-19-18-7-4-13-12-15(21)6-8-16(13)17(18)10-11-20(14,19)2/h3,5,12,16-19H,1,4,6-11H2,2H3/t16-,17?,18?,19-,20+/m0/s1. The van der Waals surface area contributed by atoms with E-state index >= 15 is 0 Å². The Balaban J connectivity index is 1.63. The summed E-state index contributed by atoms with van der Waals surface area (Å²) < 4.78 is 0. The van der Waals surface area contributed by atoms with Crippen LogP contribution in [0.15, 0.2) is 36.0 Å². The number of rotatable bonds is 1. The summed E-state index contributed by atoms with van der Waals surface area (Å²) in [6, 6.07) is 0. The zero-order valence-corrected chi connectivity index (χ0v) is 13.1. The first-order valence-electron chi connectivity index (χ1n) is 8.70. The molecule has 2 fully saturated rings. The third kappa shape index (κ3) is 1.86. The van der Waals surface area contributed by atoms with Crippen molar-refractivity contribution in [1.29, 1.82) is 0 Å². The van der Waals surface area contributed by atoms with Gasteiger partial charge in [0, 0.05) is 6.42 Å². The zero-order chi connectivity index (χ0) is 14.6. The van der Waals surface area contributed by atoms with E-state index in [0.29, 0.717) is 11.2 Å². The Labute approximate surface area is 128 Å². The molecule has 0 aromatic heterocycles. The third-order valence-corrected chi connectivity index (χ3v) is 7.16. The Morgan fingerprint density at radius 1 is 1.24 bits per heavy atom. The number of allylic oxidation sites excluding steroid dienone is 5. The molecule has 0 aromatic carbocycles. The lowest BCUT2D eigenvalue weighted by atomic mass is 9.51. The Kier molecular flexibility index (Phi) is 3.03. The lowest BCUT2D eigenvalue weighted by molar-refractivity contribution is -0.115. The van der Waals surface area contributed by atoms with E-state index in [4.69, 9.17) is 0 Å². The molecule has 112 valence electrons. The van der Waals surface area contributed by atoms with Gasteiger partial charge in [-0.15, -0.1) is 0 Å². The van der Waals surface area contributed by atoms with Crippen LogP contribution in [0.2, 0.25) is 0 Å². The van der Waals surface area contributed by atoms with Gasteiger partial charge in [-0.25, -0.2) is 0 Å². The maximum Gasteiger partial charge on any atom is 0.155 e. The molecule has 2 saturated carbocycles. The van der Waals surface area contributed by atoms with Crippen LogP contribution in [-0.2, 0) is 4.79 Å². The minimum atomic E-state index is 0.372. The molecule has 0 spiro atoms. The Bertz CT molecular complexity index is 552. The quantitative estimate of drug-likeness (QED) is 0.672. The second-order valence-electron chi connectivity index (χ2n) is 7.86. The highest BCUT2D eigenvalue weighted by Crippen LogP contribution is 2.61. The molecule has 4 aliphatic rings. The lowest BCUT2D eigenvalue weighted by Crippen LogP contribution is -2.45. The number of hydrogen-bond acceptors (Lipinski definition) is 1. The molecule has 0 heterocycles. The number of carbonyl (C=O) groups excluding carboxylic acids is 1. The Hall–Kier alpha value is -1.11. The highest BCUT2D eigenvalue weighted by molar-refractivity contribution is 5.91. The summed E-state index contributed by atoms with van der Waals surface area (Å²) in [5.74, 6) is 3.63. The molecule has 0 aromatic rings. The third-order valence-electron chi connectivity index (χ3n) is 7.16. The van der Waals surface area contributed by atoms with Crippen LogP contribution in [-0.4, -0.2) is 5.78 Å². The molecule has 4 aliphatic carbocycles. The highest BCUT2D eigenvalue weighted by Gasteiger charge is 2.52. The van der Waals surface area contributed by atoms with E-state index in [1.807, 2.05) is 6.08 Å². The van der Waals surface area contributed by atoms with Crippen molar-refractivity contribution in [2.75, 3.05) is 0 Å². The maximum absolute atomic E-state index is 11.7. The normalized spacial score (nSPS) is 45.1. The van der Waals surface area contributed by atoms with Crippen molar-refractivity contribution < 1.29 is 4.79 Å². The van der Waals surface area contributed by atoms with E-state index in [-0.39, 0.29) is 0 Å². The van der Waals surface area contributed by atoms with Crippen LogP contribution in [0.25, 0.3) is 0 Å². The molecule has 0 bridgehead atoms. The van der Waals surface area contributed by atoms with Crippen LogP contribution in [0.5, 0.6) is 0 Å². The van der Waals surface area contributed by atoms with Crippen LogP contribution < -0.4 is 0 Å². The van der Waals surface area contributed by atoms with Gasteiger partial charge in [0.05, 0.1) is 0 Å². The Morgan fingerprint density at radius 2 is 2.10 bits per heavy atom. The van der Waals surface area contributed by atoms with Gasteiger partial charge in [-0.2, -0.15) is 0 Å². The average molecular weight is 282 g/mol. The van der Waals surface area contributed by atoms with Crippen molar-refractivity contribution in [3.8, 4) is 0 Å². The molecule has 2 unspecified atom stereocenters. The number of carbonyl (C=O) groups is 1. The van der Waals surface area contributed by atoms with E-state index < -0.39 is 0 Å². The molecule has 0 amide bonds. The number of fused-ring (bicyclic) bond motifs is 5. The molecular formula is C20H26O. The van der Waals surface area contributed by atoms with Gasteiger partial charge in [0.2, 0.25) is 0 Å². The minimum Gasteiger partial charge on any atom is -0.295 e. The fourth-order valence-electron chi connectivity index (χ4n) is 6.10. The van der Waals surface area contributed by atoms with Crippen LogP contribution in [0.1, 0.15) is 51.9 Å². The molecule has 0 radical (unpaired) electrons. The van der Waals surface area contributed by atoms with Crippen molar-refractivity contribution >= 4 is 5.78 Å². The number of hydrogen-bond donors (Lipinski definition) is 0. The molecule has 0 N–H and O–H groups in total. The maximum atomic E-state index is 11.7. The summed E-state index contributed by atoms with van der Waals surface area (Å²) >= 11 is 0. The zero-order valence-electron chi connectivity index (χ0n) is 13.1. The molecule has 21 heavy (non-hydrogen) atoms. The van der Waals surface area contributed by atoms with Gasteiger partial charge in [0.1, 0.15) is 0 Å². The SMILES string of the molecule is C=CC1=CC[C@H]2C3CCC4=CC(=O)CC[C@@H]4C3CC[C@]12C. The average Bonchev–Trinajstić information content (AvgIpc) is 2.83. The summed E-state index contributed by atoms with van der Waals surface area (Å²) in [4.78, 5) is 11.7. The predicted octanol–water partition coefficient (Wildman–Crippen LogP) is 4.85. The molecule has 1 nitrogen and oxygen atoms in total. The van der Waals surface area contributed by atoms with Gasteiger partial charge in [-0.3, -0.25) is 4.79 Å². The fourth-order valence-corrected chi connectivity index (χ4v) is 6.10. The smallest absolute Gasteiger partial charge is 0.155 e. The van der Waals surface area contributed by atoms with Gasteiger partial charge >= 0.3 is 0 Å². The first-order chi connectivity index (χ1) is 10.1. The van der Waals surface area contributed by atoms with E-state index in [9.17, 15) is 4.79 Å². The molecule has 0 saturated heterocycles. The van der Waals surface area contributed by atoms with Gasteiger partial charge < -0.3 is 0 Å². The van der Waals surface area contributed by atoms with Gasteiger partial charge in [-0.1, -0.05) is 31.2 Å². The minimum absolute atomic E-state index is 0.372. The first kappa shape index (κ1) is 13.5. The topological polar surface area (TPSA) is 17.1 Å². The first-order valence-corrected chi connectivity index (χ1v) is 8.70. The van der Waals surface area contributed by atoms with E-state index in [2.05, 4.69) is 25.7 Å². The lowest BCUT2D eigenvalue weighted by Gasteiger charge is -2.53. The van der Waals surface area contributed by atoms with Gasteiger partial charge in [-0.05, 0) is 79.3 Å². The fraction of sp³-hybridized carbons (Fsp3) is 0.650. The van der Waals surface area contributed by atoms with Crippen molar-refractivity contribution in [3.63, 3.8) is 0 Å². The second kappa shape index (κ2) is 4.69. The summed E-state index contributed by atoms with van der Waals surface area (Å²) in [6.45, 7) is 6.52. The van der Waals surface area contributed by atoms with Gasteiger partial charge in [0.25, 0.3) is 0 Å². The van der Waals surface area contributed by atoms with Gasteiger partial charge in [0.15, 0.2) is 5.78 Å². The summed E-state index contributed by atoms with van der Waals surface area (Å²) in [5.41, 5.74) is 3.38. The van der Waals surface area contributed by atoms with Crippen LogP contribution in [0.3, 0.4) is 0 Å². The largest absolute Gasteiger partial charge is 0.295 e.